The molecule has 4 aromatic rings. The molecule has 7 rings (SSSR count). The lowest BCUT2D eigenvalue weighted by atomic mass is 9.68. The van der Waals surface area contributed by atoms with E-state index in [1.165, 1.54) is 0 Å². The van der Waals surface area contributed by atoms with E-state index in [2.05, 4.69) is 27.9 Å². The normalized spacial score (nSPS) is 23.7. The fourth-order valence-corrected chi connectivity index (χ4v) is 6.49. The van der Waals surface area contributed by atoms with Crippen LogP contribution in [0.15, 0.2) is 83.0 Å². The molecule has 1 unspecified atom stereocenters. The van der Waals surface area contributed by atoms with Gasteiger partial charge in [-0.05, 0) is 66.6 Å². The minimum atomic E-state index is -0.424. The van der Waals surface area contributed by atoms with Gasteiger partial charge < -0.3 is 10.1 Å². The monoisotopic (exact) mass is 493 g/mol. The van der Waals surface area contributed by atoms with Crippen LogP contribution in [0.1, 0.15) is 35.4 Å². The Labute approximate surface area is 216 Å². The van der Waals surface area contributed by atoms with Crippen molar-refractivity contribution in [3.63, 3.8) is 0 Å². The van der Waals surface area contributed by atoms with Crippen LogP contribution in [0.2, 0.25) is 0 Å². The molecule has 0 saturated carbocycles. The Morgan fingerprint density at radius 1 is 1.16 bits per heavy atom. The Morgan fingerprint density at radius 2 is 2.00 bits per heavy atom. The van der Waals surface area contributed by atoms with Gasteiger partial charge in [-0.25, -0.2) is 0 Å². The van der Waals surface area contributed by atoms with E-state index < -0.39 is 5.43 Å². The lowest BCUT2D eigenvalue weighted by Gasteiger charge is -2.52. The lowest BCUT2D eigenvalue weighted by molar-refractivity contribution is 0.0120. The Bertz CT molecular complexity index is 1520. The van der Waals surface area contributed by atoms with Crippen LogP contribution in [0.3, 0.4) is 0 Å². The Balaban J connectivity index is 1.48. The van der Waals surface area contributed by atoms with E-state index in [-0.39, 0.29) is 17.4 Å². The van der Waals surface area contributed by atoms with Crippen molar-refractivity contribution in [1.82, 2.24) is 9.88 Å². The lowest BCUT2D eigenvalue weighted by Crippen LogP contribution is -2.56. The number of methoxy groups -OCH3 is 1. The maximum absolute atomic E-state index is 13.3. The van der Waals surface area contributed by atoms with Gasteiger partial charge >= 0.3 is 0 Å². The molecule has 3 aliphatic heterocycles. The van der Waals surface area contributed by atoms with E-state index >= 15 is 0 Å². The SMILES string of the molecule is C=C[C@H]1CN2CC[C@H]1C[C@H]2[C@H](c1c(NCc2ccccc2)c(=O)c1=O)c1ccnc2ccc(OC)cc12. The van der Waals surface area contributed by atoms with Crippen molar-refractivity contribution in [3.8, 4) is 5.75 Å². The molecule has 3 saturated heterocycles. The first kappa shape index (κ1) is 23.6. The van der Waals surface area contributed by atoms with Gasteiger partial charge in [-0.3, -0.25) is 19.5 Å². The second-order valence-corrected chi connectivity index (χ2v) is 10.3. The van der Waals surface area contributed by atoms with Crippen molar-refractivity contribution in [3.05, 3.63) is 111 Å². The largest absolute Gasteiger partial charge is 0.497 e. The second-order valence-electron chi connectivity index (χ2n) is 10.3. The van der Waals surface area contributed by atoms with E-state index in [9.17, 15) is 9.59 Å². The molecule has 5 atom stereocenters. The number of ether oxygens (including phenoxy) is 1. The highest BCUT2D eigenvalue weighted by atomic mass is 16.5. The third kappa shape index (κ3) is 4.05. The van der Waals surface area contributed by atoms with Crippen molar-refractivity contribution >= 4 is 16.6 Å². The zero-order chi connectivity index (χ0) is 25.5. The van der Waals surface area contributed by atoms with Crippen LogP contribution >= 0.6 is 0 Å². The van der Waals surface area contributed by atoms with Crippen LogP contribution in [0.25, 0.3) is 10.9 Å². The molecule has 2 bridgehead atoms. The van der Waals surface area contributed by atoms with Gasteiger partial charge in [0.2, 0.25) is 10.9 Å². The molecule has 0 spiro atoms. The van der Waals surface area contributed by atoms with Gasteiger partial charge in [-0.15, -0.1) is 6.58 Å². The second kappa shape index (κ2) is 9.60. The fraction of sp³-hybridized carbons (Fsp3) is 0.323. The van der Waals surface area contributed by atoms with Gasteiger partial charge in [0.05, 0.1) is 18.3 Å². The predicted molar refractivity (Wildman–Crippen MR) is 147 cm³/mol. The van der Waals surface area contributed by atoms with E-state index in [1.54, 1.807) is 7.11 Å². The molecular weight excluding hydrogens is 462 g/mol. The number of hydrogen-bond acceptors (Lipinski definition) is 6. The summed E-state index contributed by atoms with van der Waals surface area (Å²) in [7, 11) is 1.65. The summed E-state index contributed by atoms with van der Waals surface area (Å²) < 4.78 is 5.53. The molecule has 3 fully saturated rings. The van der Waals surface area contributed by atoms with Gasteiger partial charge in [-0.1, -0.05) is 36.4 Å². The highest BCUT2D eigenvalue weighted by Crippen LogP contribution is 2.46. The van der Waals surface area contributed by atoms with E-state index in [4.69, 9.17) is 4.74 Å². The summed E-state index contributed by atoms with van der Waals surface area (Å²) in [6.07, 6.45) is 5.99. The van der Waals surface area contributed by atoms with Crippen molar-refractivity contribution in [2.24, 2.45) is 11.8 Å². The van der Waals surface area contributed by atoms with Crippen LogP contribution in [0.4, 0.5) is 5.69 Å². The number of nitrogens with one attached hydrogen (secondary N) is 1. The molecular formula is C31H31N3O3. The van der Waals surface area contributed by atoms with Crippen LogP contribution in [0, 0.1) is 11.8 Å². The number of anilines is 1. The number of aromatic nitrogens is 1. The standard InChI is InChI=1S/C31H31N3O3/c1-3-20-18-34-14-12-21(20)15-26(34)27(23-11-13-32-25-10-9-22(37-2)16-24(23)25)28-29(31(36)30(28)35)33-17-19-7-5-4-6-8-19/h3-11,13,16,20-21,26-27,33H,1,12,14-15,17-18H2,2H3/t20-,21-,26-,27+/m0/s1. The number of benzene rings is 2. The van der Waals surface area contributed by atoms with Crippen LogP contribution in [-0.2, 0) is 6.54 Å². The molecule has 6 nitrogen and oxygen atoms in total. The molecule has 6 heteroatoms. The number of piperidine rings is 3. The Hall–Kier alpha value is -3.77. The number of pyridine rings is 1. The molecule has 37 heavy (non-hydrogen) atoms. The zero-order valence-electron chi connectivity index (χ0n) is 21.0. The average Bonchev–Trinajstić information content (AvgIpc) is 2.96. The Morgan fingerprint density at radius 3 is 2.73 bits per heavy atom. The van der Waals surface area contributed by atoms with Crippen molar-refractivity contribution < 1.29 is 4.74 Å². The maximum atomic E-state index is 13.3. The molecule has 1 N–H and O–H groups in total. The van der Waals surface area contributed by atoms with Crippen molar-refractivity contribution in [2.45, 2.75) is 31.3 Å². The first-order valence-electron chi connectivity index (χ1n) is 13.0. The molecule has 0 aliphatic carbocycles. The summed E-state index contributed by atoms with van der Waals surface area (Å²) in [6, 6.07) is 17.9. The molecule has 0 radical (unpaired) electrons. The van der Waals surface area contributed by atoms with Crippen LogP contribution < -0.4 is 20.9 Å². The average molecular weight is 494 g/mol. The number of hydrogen-bond donors (Lipinski definition) is 1. The molecule has 3 aliphatic rings. The fourth-order valence-electron chi connectivity index (χ4n) is 6.49. The van der Waals surface area contributed by atoms with Crippen LogP contribution in [-0.4, -0.2) is 36.1 Å². The molecule has 1 aromatic heterocycles. The maximum Gasteiger partial charge on any atom is 0.249 e. The zero-order valence-corrected chi connectivity index (χ0v) is 21.0. The highest BCUT2D eigenvalue weighted by molar-refractivity contribution is 5.85. The number of fused-ring (bicyclic) bond motifs is 4. The topological polar surface area (TPSA) is 71.5 Å². The van der Waals surface area contributed by atoms with Gasteiger partial charge in [0.15, 0.2) is 0 Å². The van der Waals surface area contributed by atoms with E-state index in [1.807, 2.05) is 60.8 Å². The third-order valence-electron chi connectivity index (χ3n) is 8.43. The Kier molecular flexibility index (Phi) is 6.13. The predicted octanol–water partition coefficient (Wildman–Crippen LogP) is 4.48. The quantitative estimate of drug-likeness (QED) is 0.288. The third-order valence-corrected chi connectivity index (χ3v) is 8.43. The first-order valence-corrected chi connectivity index (χ1v) is 13.0. The smallest absolute Gasteiger partial charge is 0.249 e. The van der Waals surface area contributed by atoms with Crippen molar-refractivity contribution in [1.29, 1.82) is 0 Å². The summed E-state index contributed by atoms with van der Waals surface area (Å²) in [5, 5.41) is 4.28. The summed E-state index contributed by atoms with van der Waals surface area (Å²) in [6.45, 7) is 6.49. The molecule has 4 heterocycles. The van der Waals surface area contributed by atoms with E-state index in [0.29, 0.717) is 29.6 Å². The summed E-state index contributed by atoms with van der Waals surface area (Å²) in [5.41, 5.74) is 3.18. The summed E-state index contributed by atoms with van der Waals surface area (Å²) >= 11 is 0. The molecule has 3 aromatic carbocycles. The van der Waals surface area contributed by atoms with Gasteiger partial charge in [0.25, 0.3) is 0 Å². The first-order chi connectivity index (χ1) is 18.1. The highest BCUT2D eigenvalue weighted by Gasteiger charge is 2.45. The van der Waals surface area contributed by atoms with Gasteiger partial charge in [-0.2, -0.15) is 0 Å². The minimum Gasteiger partial charge on any atom is -0.497 e. The molecule has 0 amide bonds. The summed E-state index contributed by atoms with van der Waals surface area (Å²) in [5.74, 6) is 1.49. The van der Waals surface area contributed by atoms with Gasteiger partial charge in [0.1, 0.15) is 5.75 Å². The van der Waals surface area contributed by atoms with Gasteiger partial charge in [0, 0.05) is 42.2 Å². The summed E-state index contributed by atoms with van der Waals surface area (Å²) in [4.78, 5) is 33.3. The van der Waals surface area contributed by atoms with Crippen LogP contribution in [0.5, 0.6) is 5.75 Å². The van der Waals surface area contributed by atoms with E-state index in [0.717, 1.165) is 53.7 Å². The minimum absolute atomic E-state index is 0.118. The number of rotatable bonds is 8. The molecule has 188 valence electrons. The van der Waals surface area contributed by atoms with Crippen molar-refractivity contribution in [2.75, 3.05) is 25.5 Å². The number of nitrogens with zero attached hydrogens (tertiary/aromatic N) is 2.